The summed E-state index contributed by atoms with van der Waals surface area (Å²) in [5.74, 6) is -0.377. The van der Waals surface area contributed by atoms with Crippen molar-refractivity contribution in [1.29, 1.82) is 0 Å². The molecule has 2 aromatic rings. The minimum atomic E-state index is -4.60. The lowest BCUT2D eigenvalue weighted by molar-refractivity contribution is -0.137. The summed E-state index contributed by atoms with van der Waals surface area (Å²) in [6.45, 7) is 5.23. The second-order valence-electron chi connectivity index (χ2n) is 7.98. The van der Waals surface area contributed by atoms with Gasteiger partial charge in [0.1, 0.15) is 0 Å². The van der Waals surface area contributed by atoms with Crippen LogP contribution in [0.5, 0.6) is 0 Å². The molecule has 1 saturated heterocycles. The van der Waals surface area contributed by atoms with E-state index in [0.29, 0.717) is 32.2 Å². The molecule has 0 saturated carbocycles. The maximum absolute atomic E-state index is 12.9. The Morgan fingerprint density at radius 1 is 0.939 bits per heavy atom. The molecule has 2 aromatic carbocycles. The van der Waals surface area contributed by atoms with Crippen molar-refractivity contribution in [2.45, 2.75) is 24.9 Å². The molecule has 0 atom stereocenters. The van der Waals surface area contributed by atoms with Gasteiger partial charge in [0.15, 0.2) is 0 Å². The number of alkyl halides is 3. The van der Waals surface area contributed by atoms with Gasteiger partial charge in [0.25, 0.3) is 15.9 Å². The van der Waals surface area contributed by atoms with Crippen molar-refractivity contribution >= 4 is 27.5 Å². The topological polar surface area (TPSA) is 86.8 Å². The van der Waals surface area contributed by atoms with Crippen LogP contribution in [0.15, 0.2) is 53.4 Å². The first kappa shape index (κ1) is 24.6. The van der Waals surface area contributed by atoms with Crippen molar-refractivity contribution in [2.75, 3.05) is 30.9 Å². The molecular weight excluding hydrogens is 459 g/mol. The van der Waals surface area contributed by atoms with E-state index in [1.165, 1.54) is 30.3 Å². The van der Waals surface area contributed by atoms with E-state index in [2.05, 4.69) is 4.72 Å². The van der Waals surface area contributed by atoms with Gasteiger partial charge in [0.2, 0.25) is 5.91 Å². The normalized spacial score (nSPS) is 15.0. The fourth-order valence-electron chi connectivity index (χ4n) is 3.43. The first-order valence-corrected chi connectivity index (χ1v) is 11.7. The molecule has 0 unspecified atom stereocenters. The number of nitrogens with zero attached hydrogens (tertiary/aromatic N) is 2. The number of rotatable bonds is 5. The second-order valence-corrected chi connectivity index (χ2v) is 9.66. The van der Waals surface area contributed by atoms with Crippen LogP contribution in [0.25, 0.3) is 0 Å². The van der Waals surface area contributed by atoms with E-state index in [9.17, 15) is 31.2 Å². The van der Waals surface area contributed by atoms with Gasteiger partial charge < -0.3 is 9.80 Å². The molecule has 33 heavy (non-hydrogen) atoms. The SMILES string of the molecule is CC(C)C(=O)N1CCN(C(=O)c2ccc(S(=O)(=O)Nc3cccc(C(F)(F)F)c3)cc2)CC1. The zero-order valence-corrected chi connectivity index (χ0v) is 18.9. The summed E-state index contributed by atoms with van der Waals surface area (Å²) < 4.78 is 65.9. The quantitative estimate of drug-likeness (QED) is 0.706. The van der Waals surface area contributed by atoms with Gasteiger partial charge in [0, 0.05) is 43.3 Å². The highest BCUT2D eigenvalue weighted by molar-refractivity contribution is 7.92. The number of carbonyl (C=O) groups excluding carboxylic acids is 2. The standard InChI is InChI=1S/C22H24F3N3O4S/c1-15(2)20(29)27-10-12-28(13-11-27)21(30)16-6-8-19(9-7-16)33(31,32)26-18-5-3-4-17(14-18)22(23,24)25/h3-9,14-15,26H,10-13H2,1-2H3. The van der Waals surface area contributed by atoms with Gasteiger partial charge in [-0.05, 0) is 42.5 Å². The Morgan fingerprint density at radius 2 is 1.52 bits per heavy atom. The van der Waals surface area contributed by atoms with Gasteiger partial charge in [-0.1, -0.05) is 19.9 Å². The molecule has 0 radical (unpaired) electrons. The summed E-state index contributed by atoms with van der Waals surface area (Å²) in [5, 5.41) is 0. The summed E-state index contributed by atoms with van der Waals surface area (Å²) in [6, 6.07) is 9.04. The van der Waals surface area contributed by atoms with Crippen LogP contribution in [-0.4, -0.2) is 56.2 Å². The van der Waals surface area contributed by atoms with Crippen molar-refractivity contribution in [2.24, 2.45) is 5.92 Å². The van der Waals surface area contributed by atoms with Crippen LogP contribution >= 0.6 is 0 Å². The van der Waals surface area contributed by atoms with Crippen LogP contribution in [-0.2, 0) is 21.0 Å². The highest BCUT2D eigenvalue weighted by Crippen LogP contribution is 2.31. The number of sulfonamides is 1. The number of hydrogen-bond acceptors (Lipinski definition) is 4. The second kappa shape index (κ2) is 9.42. The molecule has 178 valence electrons. The van der Waals surface area contributed by atoms with Gasteiger partial charge in [-0.15, -0.1) is 0 Å². The third-order valence-electron chi connectivity index (χ3n) is 5.23. The number of hydrogen-bond donors (Lipinski definition) is 1. The van der Waals surface area contributed by atoms with Gasteiger partial charge in [-0.3, -0.25) is 14.3 Å². The molecule has 0 bridgehead atoms. The fraction of sp³-hybridized carbons (Fsp3) is 0.364. The smallest absolute Gasteiger partial charge is 0.339 e. The Kier molecular flexibility index (Phi) is 7.01. The minimum absolute atomic E-state index is 0.0323. The zero-order chi connectivity index (χ0) is 24.4. The Labute approximate surface area is 190 Å². The number of piperazine rings is 1. The molecule has 1 heterocycles. The molecule has 11 heteroatoms. The van der Waals surface area contributed by atoms with Gasteiger partial charge in [-0.2, -0.15) is 13.2 Å². The fourth-order valence-corrected chi connectivity index (χ4v) is 4.48. The molecule has 2 amide bonds. The molecule has 3 rings (SSSR count). The first-order valence-electron chi connectivity index (χ1n) is 10.3. The third kappa shape index (κ3) is 5.84. The van der Waals surface area contributed by atoms with E-state index < -0.39 is 21.8 Å². The lowest BCUT2D eigenvalue weighted by atomic mass is 10.1. The van der Waals surface area contributed by atoms with E-state index in [1.54, 1.807) is 9.80 Å². The van der Waals surface area contributed by atoms with Crippen LogP contribution in [0.1, 0.15) is 29.8 Å². The Bertz CT molecular complexity index is 1120. The molecule has 1 N–H and O–H groups in total. The lowest BCUT2D eigenvalue weighted by Crippen LogP contribution is -2.51. The summed E-state index contributed by atoms with van der Waals surface area (Å²) in [7, 11) is -4.15. The van der Waals surface area contributed by atoms with Gasteiger partial charge in [-0.25, -0.2) is 8.42 Å². The Hall–Kier alpha value is -3.08. The molecule has 0 spiro atoms. The van der Waals surface area contributed by atoms with Gasteiger partial charge in [0.05, 0.1) is 10.5 Å². The lowest BCUT2D eigenvalue weighted by Gasteiger charge is -2.35. The number of nitrogens with one attached hydrogen (secondary N) is 1. The highest BCUT2D eigenvalue weighted by atomic mass is 32.2. The van der Waals surface area contributed by atoms with Gasteiger partial charge >= 0.3 is 6.18 Å². The number of amides is 2. The minimum Gasteiger partial charge on any atom is -0.339 e. The molecule has 1 aliphatic heterocycles. The van der Waals surface area contributed by atoms with Crippen molar-refractivity contribution in [1.82, 2.24) is 9.80 Å². The number of carbonyl (C=O) groups is 2. The zero-order valence-electron chi connectivity index (χ0n) is 18.1. The molecular formula is C22H24F3N3O4S. The predicted molar refractivity (Wildman–Crippen MR) is 116 cm³/mol. The van der Waals surface area contributed by atoms with Crippen LogP contribution in [0.4, 0.5) is 18.9 Å². The number of halogens is 3. The van der Waals surface area contributed by atoms with E-state index in [4.69, 9.17) is 0 Å². The molecule has 7 nitrogen and oxygen atoms in total. The van der Waals surface area contributed by atoms with E-state index in [-0.39, 0.29) is 33.9 Å². The summed E-state index contributed by atoms with van der Waals surface area (Å²) in [5.41, 5.74) is -0.922. The largest absolute Gasteiger partial charge is 0.416 e. The molecule has 0 aliphatic carbocycles. The summed E-state index contributed by atoms with van der Waals surface area (Å²) >= 11 is 0. The molecule has 0 aromatic heterocycles. The maximum atomic E-state index is 12.9. The van der Waals surface area contributed by atoms with E-state index in [1.807, 2.05) is 13.8 Å². The third-order valence-corrected chi connectivity index (χ3v) is 6.62. The Balaban J connectivity index is 1.67. The average Bonchev–Trinajstić information content (AvgIpc) is 2.77. The number of benzene rings is 2. The van der Waals surface area contributed by atoms with E-state index >= 15 is 0 Å². The summed E-state index contributed by atoms with van der Waals surface area (Å²) in [4.78, 5) is 27.9. The monoisotopic (exact) mass is 483 g/mol. The summed E-state index contributed by atoms with van der Waals surface area (Å²) in [6.07, 6.45) is -4.60. The molecule has 1 fully saturated rings. The predicted octanol–water partition coefficient (Wildman–Crippen LogP) is 3.45. The van der Waals surface area contributed by atoms with Crippen molar-refractivity contribution < 1.29 is 31.2 Å². The van der Waals surface area contributed by atoms with Crippen molar-refractivity contribution in [3.05, 3.63) is 59.7 Å². The van der Waals surface area contributed by atoms with Crippen LogP contribution in [0, 0.1) is 5.92 Å². The first-order chi connectivity index (χ1) is 15.4. The van der Waals surface area contributed by atoms with Crippen LogP contribution in [0.3, 0.4) is 0 Å². The Morgan fingerprint density at radius 3 is 2.06 bits per heavy atom. The van der Waals surface area contributed by atoms with Crippen molar-refractivity contribution in [3.8, 4) is 0 Å². The van der Waals surface area contributed by atoms with Crippen LogP contribution < -0.4 is 4.72 Å². The van der Waals surface area contributed by atoms with E-state index in [0.717, 1.165) is 12.1 Å². The number of anilines is 1. The highest BCUT2D eigenvalue weighted by Gasteiger charge is 2.31. The maximum Gasteiger partial charge on any atom is 0.416 e. The molecule has 1 aliphatic rings. The average molecular weight is 484 g/mol. The van der Waals surface area contributed by atoms with Crippen molar-refractivity contribution in [3.63, 3.8) is 0 Å². The van der Waals surface area contributed by atoms with Crippen LogP contribution in [0.2, 0.25) is 0 Å².